The van der Waals surface area contributed by atoms with E-state index < -0.39 is 0 Å². The molecule has 0 bridgehead atoms. The van der Waals surface area contributed by atoms with E-state index in [0.29, 0.717) is 44.2 Å². The Morgan fingerprint density at radius 1 is 1.25 bits per heavy atom. The summed E-state index contributed by atoms with van der Waals surface area (Å²) in [5.41, 5.74) is 2.59. The third kappa shape index (κ3) is 3.18. The highest BCUT2D eigenvalue weighted by atomic mass is 16.6. The molecular formula is C18H21N3O3. The Kier molecular flexibility index (Phi) is 4.64. The molecule has 0 radical (unpaired) electrons. The number of carbonyl (C=O) groups excluding carboxylic acids is 2. The second-order valence-electron chi connectivity index (χ2n) is 5.89. The molecule has 0 spiro atoms. The number of hydrogen-bond acceptors (Lipinski definition) is 5. The predicted molar refractivity (Wildman–Crippen MR) is 92.7 cm³/mol. The highest BCUT2D eigenvalue weighted by Crippen LogP contribution is 2.24. The summed E-state index contributed by atoms with van der Waals surface area (Å²) in [4.78, 5) is 31.7. The summed E-state index contributed by atoms with van der Waals surface area (Å²) >= 11 is 0. The molecule has 2 heterocycles. The molecule has 0 unspecified atom stereocenters. The largest absolute Gasteiger partial charge is 0.450 e. The van der Waals surface area contributed by atoms with E-state index in [4.69, 9.17) is 4.74 Å². The maximum absolute atomic E-state index is 11.8. The van der Waals surface area contributed by atoms with Crippen molar-refractivity contribution in [3.05, 3.63) is 35.4 Å². The van der Waals surface area contributed by atoms with Crippen LogP contribution in [0.2, 0.25) is 0 Å². The van der Waals surface area contributed by atoms with E-state index in [9.17, 15) is 9.59 Å². The van der Waals surface area contributed by atoms with Gasteiger partial charge in [0.1, 0.15) is 5.82 Å². The number of pyridine rings is 1. The van der Waals surface area contributed by atoms with Gasteiger partial charge < -0.3 is 14.5 Å². The van der Waals surface area contributed by atoms with Gasteiger partial charge in [-0.3, -0.25) is 4.79 Å². The van der Waals surface area contributed by atoms with Gasteiger partial charge in [0.25, 0.3) is 0 Å². The number of fused-ring (bicyclic) bond motifs is 1. The Balaban J connectivity index is 1.83. The van der Waals surface area contributed by atoms with Crippen LogP contribution in [-0.2, 0) is 4.74 Å². The normalized spacial score (nSPS) is 14.8. The molecule has 1 amide bonds. The van der Waals surface area contributed by atoms with Gasteiger partial charge in [-0.05, 0) is 32.0 Å². The Labute approximate surface area is 141 Å². The fourth-order valence-electron chi connectivity index (χ4n) is 2.96. The van der Waals surface area contributed by atoms with Crippen molar-refractivity contribution < 1.29 is 14.3 Å². The third-order valence-electron chi connectivity index (χ3n) is 4.21. The number of hydrogen-bond donors (Lipinski definition) is 0. The van der Waals surface area contributed by atoms with Gasteiger partial charge in [-0.1, -0.05) is 11.6 Å². The van der Waals surface area contributed by atoms with Crippen LogP contribution in [0.1, 0.15) is 22.8 Å². The summed E-state index contributed by atoms with van der Waals surface area (Å²) in [6.07, 6.45) is 0.566. The molecule has 0 saturated carbocycles. The van der Waals surface area contributed by atoms with E-state index in [0.717, 1.165) is 22.8 Å². The van der Waals surface area contributed by atoms with Crippen LogP contribution in [0.3, 0.4) is 0 Å². The van der Waals surface area contributed by atoms with Gasteiger partial charge >= 0.3 is 6.09 Å². The van der Waals surface area contributed by atoms with Crippen molar-refractivity contribution in [2.24, 2.45) is 0 Å². The summed E-state index contributed by atoms with van der Waals surface area (Å²) in [5, 5.41) is 0.964. The molecule has 0 N–H and O–H groups in total. The molecule has 2 aromatic rings. The van der Waals surface area contributed by atoms with E-state index >= 15 is 0 Å². The minimum absolute atomic E-state index is 0.283. The molecule has 6 heteroatoms. The number of piperazine rings is 1. The second kappa shape index (κ2) is 6.86. The van der Waals surface area contributed by atoms with Crippen LogP contribution in [0.25, 0.3) is 10.9 Å². The lowest BCUT2D eigenvalue weighted by molar-refractivity contribution is 0.104. The van der Waals surface area contributed by atoms with Gasteiger partial charge in [-0.25, -0.2) is 9.78 Å². The monoisotopic (exact) mass is 327 g/mol. The molecule has 1 aliphatic heterocycles. The first kappa shape index (κ1) is 16.2. The topological polar surface area (TPSA) is 62.7 Å². The van der Waals surface area contributed by atoms with E-state index in [1.807, 2.05) is 31.2 Å². The zero-order valence-corrected chi connectivity index (χ0v) is 14.0. The number of anilines is 1. The molecule has 126 valence electrons. The van der Waals surface area contributed by atoms with E-state index in [-0.39, 0.29) is 6.09 Å². The van der Waals surface area contributed by atoms with Gasteiger partial charge in [0.2, 0.25) is 0 Å². The zero-order valence-electron chi connectivity index (χ0n) is 14.0. The number of aromatic nitrogens is 1. The summed E-state index contributed by atoms with van der Waals surface area (Å²) in [7, 11) is 0. The molecule has 1 aromatic carbocycles. The van der Waals surface area contributed by atoms with E-state index in [2.05, 4.69) is 9.88 Å². The van der Waals surface area contributed by atoms with Crippen LogP contribution in [-0.4, -0.2) is 55.0 Å². The lowest BCUT2D eigenvalue weighted by atomic mass is 10.1. The Bertz CT molecular complexity index is 767. The van der Waals surface area contributed by atoms with Crippen molar-refractivity contribution in [1.82, 2.24) is 9.88 Å². The molecule has 0 atom stereocenters. The average Bonchev–Trinajstić information content (AvgIpc) is 2.61. The Hall–Kier alpha value is -2.63. The third-order valence-corrected chi connectivity index (χ3v) is 4.21. The summed E-state index contributed by atoms with van der Waals surface area (Å²) in [5.74, 6) is 0.685. The van der Waals surface area contributed by atoms with Crippen LogP contribution >= 0.6 is 0 Å². The highest BCUT2D eigenvalue weighted by Gasteiger charge is 2.24. The van der Waals surface area contributed by atoms with Gasteiger partial charge in [0, 0.05) is 31.6 Å². The molecular weight excluding hydrogens is 306 g/mol. The molecule has 1 aromatic heterocycles. The fourth-order valence-corrected chi connectivity index (χ4v) is 2.96. The van der Waals surface area contributed by atoms with Crippen molar-refractivity contribution >= 4 is 29.1 Å². The number of carbonyl (C=O) groups is 2. The van der Waals surface area contributed by atoms with E-state index in [1.165, 1.54) is 0 Å². The van der Waals surface area contributed by atoms with Crippen molar-refractivity contribution in [2.45, 2.75) is 13.8 Å². The number of rotatable bonds is 3. The molecule has 1 aliphatic rings. The molecule has 3 rings (SSSR count). The van der Waals surface area contributed by atoms with Crippen molar-refractivity contribution in [3.8, 4) is 0 Å². The molecule has 1 saturated heterocycles. The highest BCUT2D eigenvalue weighted by molar-refractivity contribution is 5.92. The molecule has 24 heavy (non-hydrogen) atoms. The number of benzene rings is 1. The van der Waals surface area contributed by atoms with Crippen LogP contribution in [0, 0.1) is 6.92 Å². The first-order valence-corrected chi connectivity index (χ1v) is 8.15. The Morgan fingerprint density at radius 3 is 2.67 bits per heavy atom. The Morgan fingerprint density at radius 2 is 2.00 bits per heavy atom. The maximum Gasteiger partial charge on any atom is 0.409 e. The van der Waals surface area contributed by atoms with Gasteiger partial charge in [-0.15, -0.1) is 0 Å². The van der Waals surface area contributed by atoms with Gasteiger partial charge in [0.15, 0.2) is 6.29 Å². The molecule has 0 aliphatic carbocycles. The predicted octanol–water partition coefficient (Wildman–Crippen LogP) is 2.63. The minimum Gasteiger partial charge on any atom is -0.450 e. The second-order valence-corrected chi connectivity index (χ2v) is 5.89. The summed E-state index contributed by atoms with van der Waals surface area (Å²) < 4.78 is 5.03. The van der Waals surface area contributed by atoms with Gasteiger partial charge in [0.05, 0.1) is 17.7 Å². The van der Waals surface area contributed by atoms with Crippen molar-refractivity contribution in [1.29, 1.82) is 0 Å². The lowest BCUT2D eigenvalue weighted by Crippen LogP contribution is -2.49. The van der Waals surface area contributed by atoms with Crippen LogP contribution in [0.15, 0.2) is 24.3 Å². The SMILES string of the molecule is CCOC(=O)N1CCN(c2nc3ccc(C)cc3cc2C=O)CC1. The fraction of sp³-hybridized carbons (Fsp3) is 0.389. The average molecular weight is 327 g/mol. The quantitative estimate of drug-likeness (QED) is 0.811. The standard InChI is InChI=1S/C18H21N3O3/c1-3-24-18(23)21-8-6-20(7-9-21)17-15(12-22)11-14-10-13(2)4-5-16(14)19-17/h4-5,10-12H,3,6-9H2,1-2H3. The molecule has 6 nitrogen and oxygen atoms in total. The summed E-state index contributed by atoms with van der Waals surface area (Å²) in [6, 6.07) is 7.89. The van der Waals surface area contributed by atoms with E-state index in [1.54, 1.807) is 11.8 Å². The number of nitrogens with zero attached hydrogens (tertiary/aromatic N) is 3. The molecule has 1 fully saturated rings. The number of aryl methyl sites for hydroxylation is 1. The van der Waals surface area contributed by atoms with Crippen LogP contribution in [0.4, 0.5) is 10.6 Å². The van der Waals surface area contributed by atoms with Crippen molar-refractivity contribution in [3.63, 3.8) is 0 Å². The number of amides is 1. The zero-order chi connectivity index (χ0) is 17.1. The smallest absolute Gasteiger partial charge is 0.409 e. The van der Waals surface area contributed by atoms with Crippen LogP contribution < -0.4 is 4.90 Å². The van der Waals surface area contributed by atoms with Gasteiger partial charge in [-0.2, -0.15) is 0 Å². The lowest BCUT2D eigenvalue weighted by Gasteiger charge is -2.35. The number of aldehydes is 1. The minimum atomic E-state index is -0.283. The first-order chi connectivity index (χ1) is 11.6. The summed E-state index contributed by atoms with van der Waals surface area (Å²) in [6.45, 7) is 6.57. The number of ether oxygens (including phenoxy) is 1. The maximum atomic E-state index is 11.8. The van der Waals surface area contributed by atoms with Crippen molar-refractivity contribution in [2.75, 3.05) is 37.7 Å². The first-order valence-electron chi connectivity index (χ1n) is 8.15. The van der Waals surface area contributed by atoms with Crippen LogP contribution in [0.5, 0.6) is 0 Å².